The van der Waals surface area contributed by atoms with Gasteiger partial charge in [-0.2, -0.15) is 0 Å². The molecule has 2 fully saturated rings. The zero-order valence-electron chi connectivity index (χ0n) is 19.6. The Bertz CT molecular complexity index is 1560. The second-order valence-corrected chi connectivity index (χ2v) is 9.67. The molecule has 2 aliphatic rings. The summed E-state index contributed by atoms with van der Waals surface area (Å²) in [6.45, 7) is 3.83. The van der Waals surface area contributed by atoms with Gasteiger partial charge in [0.2, 0.25) is 0 Å². The number of benzene rings is 2. The third-order valence-corrected chi connectivity index (χ3v) is 7.36. The Kier molecular flexibility index (Phi) is 5.48. The highest BCUT2D eigenvalue weighted by molar-refractivity contribution is 6.05. The van der Waals surface area contributed by atoms with Gasteiger partial charge in [0.1, 0.15) is 0 Å². The number of H-pyrrole nitrogens is 2. The van der Waals surface area contributed by atoms with Gasteiger partial charge in [0.25, 0.3) is 11.5 Å². The van der Waals surface area contributed by atoms with Gasteiger partial charge in [0.05, 0.1) is 22.4 Å². The third-order valence-electron chi connectivity index (χ3n) is 7.36. The molecule has 0 saturated carbocycles. The van der Waals surface area contributed by atoms with E-state index >= 15 is 0 Å². The highest BCUT2D eigenvalue weighted by Gasteiger charge is 2.31. The highest BCUT2D eigenvalue weighted by atomic mass is 19.2. The first-order valence-corrected chi connectivity index (χ1v) is 12.2. The van der Waals surface area contributed by atoms with Crippen molar-refractivity contribution in [3.63, 3.8) is 0 Å². The minimum atomic E-state index is -1.07. The summed E-state index contributed by atoms with van der Waals surface area (Å²) in [6, 6.07) is 7.28. The number of nitrogens with two attached hydrogens (primary N) is 1. The van der Waals surface area contributed by atoms with Crippen molar-refractivity contribution in [1.82, 2.24) is 24.8 Å². The Labute approximate surface area is 205 Å². The summed E-state index contributed by atoms with van der Waals surface area (Å²) in [5.74, 6) is -2.17. The molecule has 10 heteroatoms. The SMILES string of the molecule is Nc1c(-c2nc3cc(F)c(F)cc3[nH]c2=O)[nH]c2ccc(C(=O)N3CCC[C@@H]3CN3CCCC3)cc12. The molecule has 6 rings (SSSR count). The number of likely N-dealkylation sites (tertiary alicyclic amines) is 2. The van der Waals surface area contributed by atoms with Crippen LogP contribution in [0.1, 0.15) is 36.0 Å². The number of nitrogens with zero attached hydrogens (tertiary/aromatic N) is 3. The number of hydrogen-bond donors (Lipinski definition) is 3. The first kappa shape index (κ1) is 22.7. The maximum atomic E-state index is 13.7. The summed E-state index contributed by atoms with van der Waals surface area (Å²) in [7, 11) is 0. The first-order valence-electron chi connectivity index (χ1n) is 12.2. The zero-order chi connectivity index (χ0) is 25.0. The Balaban J connectivity index is 1.34. The summed E-state index contributed by atoms with van der Waals surface area (Å²) in [5.41, 5.74) is 7.64. The number of nitrogen functional groups attached to an aromatic ring is 1. The van der Waals surface area contributed by atoms with Gasteiger partial charge in [-0.1, -0.05) is 0 Å². The van der Waals surface area contributed by atoms with E-state index in [9.17, 15) is 18.4 Å². The summed E-state index contributed by atoms with van der Waals surface area (Å²) < 4.78 is 27.3. The van der Waals surface area contributed by atoms with Crippen LogP contribution in [0.3, 0.4) is 0 Å². The van der Waals surface area contributed by atoms with Crippen LogP contribution in [0.2, 0.25) is 0 Å². The number of fused-ring (bicyclic) bond motifs is 2. The second-order valence-electron chi connectivity index (χ2n) is 9.67. The summed E-state index contributed by atoms with van der Waals surface area (Å²) in [5, 5.41) is 0.595. The number of carbonyl (C=O) groups excluding carboxylic acids is 1. The van der Waals surface area contributed by atoms with Gasteiger partial charge in [0.15, 0.2) is 17.3 Å². The molecule has 36 heavy (non-hydrogen) atoms. The maximum Gasteiger partial charge on any atom is 0.276 e. The molecular formula is C26H26F2N6O2. The van der Waals surface area contributed by atoms with Crippen LogP contribution in [0.25, 0.3) is 33.3 Å². The van der Waals surface area contributed by atoms with E-state index in [-0.39, 0.29) is 40.1 Å². The summed E-state index contributed by atoms with van der Waals surface area (Å²) in [4.78, 5) is 40.4. The lowest BCUT2D eigenvalue weighted by atomic mass is 10.1. The van der Waals surface area contributed by atoms with E-state index in [1.165, 1.54) is 12.8 Å². The minimum absolute atomic E-state index is 0.0278. The van der Waals surface area contributed by atoms with Gasteiger partial charge in [-0.05, 0) is 57.0 Å². The predicted molar refractivity (Wildman–Crippen MR) is 134 cm³/mol. The molecule has 4 aromatic rings. The van der Waals surface area contributed by atoms with Crippen molar-refractivity contribution in [2.24, 2.45) is 0 Å². The van der Waals surface area contributed by atoms with Gasteiger partial charge in [-0.3, -0.25) is 9.59 Å². The molecule has 0 unspecified atom stereocenters. The molecule has 0 radical (unpaired) electrons. The highest BCUT2D eigenvalue weighted by Crippen LogP contribution is 2.32. The molecule has 2 aliphatic heterocycles. The molecule has 8 nitrogen and oxygen atoms in total. The lowest BCUT2D eigenvalue weighted by Crippen LogP contribution is -2.42. The Morgan fingerprint density at radius 1 is 1.03 bits per heavy atom. The number of carbonyl (C=O) groups is 1. The third kappa shape index (κ3) is 3.81. The Morgan fingerprint density at radius 3 is 2.61 bits per heavy atom. The molecule has 4 N–H and O–H groups in total. The molecule has 4 heterocycles. The largest absolute Gasteiger partial charge is 0.396 e. The fourth-order valence-corrected chi connectivity index (χ4v) is 5.51. The topological polar surface area (TPSA) is 111 Å². The molecule has 0 spiro atoms. The molecule has 2 aromatic heterocycles. The number of halogens is 2. The van der Waals surface area contributed by atoms with Crippen LogP contribution < -0.4 is 11.3 Å². The van der Waals surface area contributed by atoms with Crippen molar-refractivity contribution in [2.45, 2.75) is 31.7 Å². The quantitative estimate of drug-likeness (QED) is 0.403. The number of anilines is 1. The van der Waals surface area contributed by atoms with Crippen LogP contribution >= 0.6 is 0 Å². The molecule has 2 aromatic carbocycles. The van der Waals surface area contributed by atoms with Gasteiger partial charge < -0.3 is 25.5 Å². The molecule has 1 atom stereocenters. The average Bonchev–Trinajstić information content (AvgIpc) is 3.61. The number of amides is 1. The zero-order valence-corrected chi connectivity index (χ0v) is 19.6. The summed E-state index contributed by atoms with van der Waals surface area (Å²) in [6.07, 6.45) is 4.42. The van der Waals surface area contributed by atoms with Crippen LogP contribution in [0.5, 0.6) is 0 Å². The van der Waals surface area contributed by atoms with Crippen molar-refractivity contribution in [3.8, 4) is 11.4 Å². The van der Waals surface area contributed by atoms with Crippen molar-refractivity contribution in [2.75, 3.05) is 31.9 Å². The number of hydrogen-bond acceptors (Lipinski definition) is 5. The standard InChI is InChI=1S/C26H26F2N6O2/c27-17-11-20-21(12-18(17)28)32-25(35)24(31-20)23-22(29)16-10-14(5-6-19(16)30-23)26(36)34-9-3-4-15(34)13-33-7-1-2-8-33/h5-6,10-12,15,30H,1-4,7-9,13,29H2,(H,32,35)/t15-/m1/s1. The number of aromatic amines is 2. The van der Waals surface area contributed by atoms with Crippen LogP contribution in [0.15, 0.2) is 35.1 Å². The van der Waals surface area contributed by atoms with Crippen LogP contribution in [0, 0.1) is 11.6 Å². The Hall–Kier alpha value is -3.79. The van der Waals surface area contributed by atoms with Crippen LogP contribution in [0.4, 0.5) is 14.5 Å². The molecule has 0 aliphatic carbocycles. The maximum absolute atomic E-state index is 13.7. The molecular weight excluding hydrogens is 466 g/mol. The average molecular weight is 493 g/mol. The monoisotopic (exact) mass is 492 g/mol. The normalized spacial score (nSPS) is 18.6. The van der Waals surface area contributed by atoms with Gasteiger partial charge in [-0.15, -0.1) is 0 Å². The summed E-state index contributed by atoms with van der Waals surface area (Å²) >= 11 is 0. The van der Waals surface area contributed by atoms with Gasteiger partial charge in [0, 0.05) is 47.7 Å². The second kappa shape index (κ2) is 8.70. The van der Waals surface area contributed by atoms with E-state index in [0.29, 0.717) is 16.5 Å². The van der Waals surface area contributed by atoms with E-state index in [0.717, 1.165) is 51.2 Å². The van der Waals surface area contributed by atoms with Crippen LogP contribution in [-0.4, -0.2) is 62.9 Å². The fourth-order valence-electron chi connectivity index (χ4n) is 5.51. The molecule has 1 amide bonds. The first-order chi connectivity index (χ1) is 17.4. The number of aromatic nitrogens is 3. The Morgan fingerprint density at radius 2 is 1.81 bits per heavy atom. The predicted octanol–water partition coefficient (Wildman–Crippen LogP) is 3.63. The minimum Gasteiger partial charge on any atom is -0.396 e. The van der Waals surface area contributed by atoms with E-state index in [2.05, 4.69) is 19.9 Å². The van der Waals surface area contributed by atoms with E-state index < -0.39 is 17.2 Å². The lowest BCUT2D eigenvalue weighted by molar-refractivity contribution is 0.0709. The van der Waals surface area contributed by atoms with Crippen molar-refractivity contribution in [1.29, 1.82) is 0 Å². The molecule has 0 bridgehead atoms. The molecule has 2 saturated heterocycles. The smallest absolute Gasteiger partial charge is 0.276 e. The van der Waals surface area contributed by atoms with Crippen molar-refractivity contribution < 1.29 is 13.6 Å². The van der Waals surface area contributed by atoms with Crippen molar-refractivity contribution >= 4 is 33.5 Å². The van der Waals surface area contributed by atoms with Gasteiger partial charge >= 0.3 is 0 Å². The fraction of sp³-hybridized carbons (Fsp3) is 0.346. The number of rotatable bonds is 4. The van der Waals surface area contributed by atoms with E-state index in [4.69, 9.17) is 5.73 Å². The van der Waals surface area contributed by atoms with Crippen LogP contribution in [-0.2, 0) is 0 Å². The van der Waals surface area contributed by atoms with E-state index in [1.807, 2.05) is 4.90 Å². The van der Waals surface area contributed by atoms with Crippen molar-refractivity contribution in [3.05, 3.63) is 57.9 Å². The lowest BCUT2D eigenvalue weighted by Gasteiger charge is -2.28. The molecule has 186 valence electrons. The number of nitrogens with one attached hydrogen (secondary N) is 2. The van der Waals surface area contributed by atoms with E-state index in [1.54, 1.807) is 18.2 Å². The van der Waals surface area contributed by atoms with Gasteiger partial charge in [-0.25, -0.2) is 13.8 Å².